The molecule has 1 aromatic carbocycles. The van der Waals surface area contributed by atoms with Crippen LogP contribution in [0.2, 0.25) is 0 Å². The van der Waals surface area contributed by atoms with E-state index in [9.17, 15) is 0 Å². The van der Waals surface area contributed by atoms with Crippen LogP contribution < -0.4 is 38.4 Å². The second-order valence-electron chi connectivity index (χ2n) is 2.29. The summed E-state index contributed by atoms with van der Waals surface area (Å²) in [6.45, 7) is 4.26. The van der Waals surface area contributed by atoms with Crippen molar-refractivity contribution in [1.82, 2.24) is 0 Å². The number of hydrogen-bond donors (Lipinski definition) is 0. The molecule has 0 bridgehead atoms. The SMILES string of the molecule is Cc1ccc[c]([Al+2])c1C.[Br-].[Br-]. The van der Waals surface area contributed by atoms with Crippen LogP contribution in [0.5, 0.6) is 0 Å². The molecule has 11 heavy (non-hydrogen) atoms. The van der Waals surface area contributed by atoms with Gasteiger partial charge in [-0.25, -0.2) is 0 Å². The largest absolute Gasteiger partial charge is 1.00 e. The van der Waals surface area contributed by atoms with Gasteiger partial charge in [-0.1, -0.05) is 0 Å². The van der Waals surface area contributed by atoms with E-state index >= 15 is 0 Å². The van der Waals surface area contributed by atoms with Gasteiger partial charge in [0.25, 0.3) is 0 Å². The van der Waals surface area contributed by atoms with Crippen LogP contribution in [0.4, 0.5) is 0 Å². The van der Waals surface area contributed by atoms with E-state index in [0.717, 1.165) is 0 Å². The molecule has 0 saturated carbocycles. The van der Waals surface area contributed by atoms with Crippen LogP contribution in [-0.2, 0) is 0 Å². The van der Waals surface area contributed by atoms with E-state index in [4.69, 9.17) is 0 Å². The van der Waals surface area contributed by atoms with E-state index in [1.54, 1.807) is 0 Å². The maximum Gasteiger partial charge on any atom is -1.00 e. The van der Waals surface area contributed by atoms with E-state index in [1.807, 2.05) is 0 Å². The van der Waals surface area contributed by atoms with Crippen molar-refractivity contribution in [2.75, 3.05) is 0 Å². The Hall–Kier alpha value is 0.712. The summed E-state index contributed by atoms with van der Waals surface area (Å²) in [5.41, 5.74) is 2.74. The Kier molecular flexibility index (Phi) is 8.10. The molecule has 0 atom stereocenters. The van der Waals surface area contributed by atoms with E-state index in [0.29, 0.717) is 0 Å². The van der Waals surface area contributed by atoms with E-state index in [2.05, 4.69) is 48.3 Å². The molecule has 0 N–H and O–H groups in total. The second kappa shape index (κ2) is 6.25. The van der Waals surface area contributed by atoms with Crippen LogP contribution in [-0.4, -0.2) is 16.3 Å². The predicted octanol–water partition coefficient (Wildman–Crippen LogP) is -4.89. The molecule has 1 aromatic rings. The van der Waals surface area contributed by atoms with Gasteiger partial charge in [0.1, 0.15) is 0 Å². The molecule has 0 aliphatic heterocycles. The van der Waals surface area contributed by atoms with Crippen molar-refractivity contribution in [1.29, 1.82) is 0 Å². The molecule has 0 aliphatic rings. The molecule has 0 spiro atoms. The zero-order valence-corrected chi connectivity index (χ0v) is 10.9. The van der Waals surface area contributed by atoms with Crippen molar-refractivity contribution in [3.05, 3.63) is 29.3 Å². The molecule has 58 valence electrons. The number of rotatable bonds is 0. The second-order valence-corrected chi connectivity index (χ2v) is 2.91. The van der Waals surface area contributed by atoms with E-state index < -0.39 is 0 Å². The molecule has 0 aliphatic carbocycles. The number of hydrogen-bond acceptors (Lipinski definition) is 0. The summed E-state index contributed by atoms with van der Waals surface area (Å²) in [7, 11) is 0. The van der Waals surface area contributed by atoms with Gasteiger partial charge in [0.05, 0.1) is 0 Å². The Bertz CT molecular complexity index is 203. The summed E-state index contributed by atoms with van der Waals surface area (Å²) in [4.78, 5) is 0. The topological polar surface area (TPSA) is 0 Å². The Morgan fingerprint density at radius 2 is 1.64 bits per heavy atom. The Balaban J connectivity index is 0. The molecule has 0 heterocycles. The minimum absolute atomic E-state index is 0. The first-order chi connectivity index (χ1) is 4.22. The molecule has 0 nitrogen and oxygen atoms in total. The number of benzene rings is 1. The molecule has 0 aromatic heterocycles. The Labute approximate surface area is 97.3 Å². The normalized spacial score (nSPS) is 8.00. The third-order valence-corrected chi connectivity index (χ3v) is 2.27. The van der Waals surface area contributed by atoms with Crippen LogP contribution in [0.25, 0.3) is 0 Å². The quantitative estimate of drug-likeness (QED) is 0.421. The molecule has 0 radical (unpaired) electrons. The first-order valence-corrected chi connectivity index (χ1v) is 3.61. The Morgan fingerprint density at radius 3 is 2.00 bits per heavy atom. The average Bonchev–Trinajstić information content (AvgIpc) is 1.83. The first kappa shape index (κ1) is 14.2. The van der Waals surface area contributed by atoms with Gasteiger partial charge in [0.15, 0.2) is 0 Å². The fourth-order valence-corrected chi connectivity index (χ4v) is 1.11. The molecular formula is C8H9AlBr2. The van der Waals surface area contributed by atoms with Gasteiger partial charge in [-0.05, 0) is 0 Å². The summed E-state index contributed by atoms with van der Waals surface area (Å²) in [5, 5.41) is 0. The van der Waals surface area contributed by atoms with Crippen molar-refractivity contribution >= 4 is 20.7 Å². The van der Waals surface area contributed by atoms with E-state index in [1.165, 1.54) is 15.6 Å². The van der Waals surface area contributed by atoms with Gasteiger partial charge in [-0.15, -0.1) is 0 Å². The number of aryl methyl sites for hydroxylation is 1. The van der Waals surface area contributed by atoms with Crippen molar-refractivity contribution in [2.24, 2.45) is 0 Å². The van der Waals surface area contributed by atoms with Crippen molar-refractivity contribution in [3.8, 4) is 0 Å². The fraction of sp³-hybridized carbons (Fsp3) is 0.250. The molecule has 1 rings (SSSR count). The van der Waals surface area contributed by atoms with Crippen LogP contribution >= 0.6 is 0 Å². The van der Waals surface area contributed by atoms with Crippen molar-refractivity contribution in [2.45, 2.75) is 13.8 Å². The van der Waals surface area contributed by atoms with Crippen LogP contribution in [0.15, 0.2) is 18.2 Å². The monoisotopic (exact) mass is 290 g/mol. The maximum absolute atomic E-state index is 2.72. The fourth-order valence-electron chi connectivity index (χ4n) is 0.774. The predicted molar refractivity (Wildman–Crippen MR) is 41.3 cm³/mol. The minimum atomic E-state index is 0. The van der Waals surface area contributed by atoms with Gasteiger partial charge in [0, 0.05) is 0 Å². The van der Waals surface area contributed by atoms with Crippen LogP contribution in [0.3, 0.4) is 0 Å². The molecular weight excluding hydrogens is 283 g/mol. The van der Waals surface area contributed by atoms with Gasteiger partial charge in [0.2, 0.25) is 0 Å². The zero-order valence-electron chi connectivity index (χ0n) is 6.57. The first-order valence-electron chi connectivity index (χ1n) is 3.03. The average molecular weight is 292 g/mol. The van der Waals surface area contributed by atoms with Crippen LogP contribution in [0, 0.1) is 13.8 Å². The van der Waals surface area contributed by atoms with Crippen LogP contribution in [0.1, 0.15) is 11.1 Å². The van der Waals surface area contributed by atoms with Gasteiger partial charge >= 0.3 is 63.9 Å². The van der Waals surface area contributed by atoms with Gasteiger partial charge in [-0.3, -0.25) is 0 Å². The minimum Gasteiger partial charge on any atom is -1.00 e. The van der Waals surface area contributed by atoms with Gasteiger partial charge < -0.3 is 34.0 Å². The smallest absolute Gasteiger partial charge is 1.00 e. The molecule has 0 amide bonds. The van der Waals surface area contributed by atoms with Crippen molar-refractivity contribution in [3.63, 3.8) is 0 Å². The standard InChI is InChI=1S/C8H9.Al.2BrH/c1-7-5-3-4-6-8(7)2;;;/h3-5H,1-2H3;;2*1H/q;+2;;/p-2. The number of halogens is 2. The van der Waals surface area contributed by atoms with Crippen molar-refractivity contribution < 1.29 is 34.0 Å². The zero-order chi connectivity index (χ0) is 6.85. The van der Waals surface area contributed by atoms with E-state index in [-0.39, 0.29) is 34.0 Å². The molecule has 0 fully saturated rings. The summed E-state index contributed by atoms with van der Waals surface area (Å²) in [6.07, 6.45) is 0. The molecule has 0 saturated heterocycles. The summed E-state index contributed by atoms with van der Waals surface area (Å²) in [5.74, 6) is 0. The maximum atomic E-state index is 2.72. The van der Waals surface area contributed by atoms with Gasteiger partial charge in [-0.2, -0.15) is 0 Å². The Morgan fingerprint density at radius 1 is 1.09 bits per heavy atom. The summed E-state index contributed by atoms with van der Waals surface area (Å²) >= 11 is 2.72. The molecule has 0 unspecified atom stereocenters. The third-order valence-electron chi connectivity index (χ3n) is 1.65. The third kappa shape index (κ3) is 3.76. The molecule has 3 heteroatoms. The summed E-state index contributed by atoms with van der Waals surface area (Å²) < 4.78 is 1.30. The summed E-state index contributed by atoms with van der Waals surface area (Å²) in [6, 6.07) is 6.31.